The Hall–Kier alpha value is -2.88. The molecule has 0 fully saturated rings. The van der Waals surface area contributed by atoms with Crippen molar-refractivity contribution >= 4 is 5.91 Å². The van der Waals surface area contributed by atoms with Crippen molar-refractivity contribution in [3.8, 4) is 11.4 Å². The predicted octanol–water partition coefficient (Wildman–Crippen LogP) is 3.32. The van der Waals surface area contributed by atoms with E-state index in [0.717, 1.165) is 17.0 Å². The van der Waals surface area contributed by atoms with Crippen molar-refractivity contribution in [2.24, 2.45) is 0 Å². The Morgan fingerprint density at radius 3 is 2.59 bits per heavy atom. The minimum atomic E-state index is -0.0748. The van der Waals surface area contributed by atoms with Gasteiger partial charge in [-0.2, -0.15) is 0 Å². The lowest BCUT2D eigenvalue weighted by atomic mass is 10.1. The highest BCUT2D eigenvalue weighted by atomic mass is 16.1. The first-order valence-corrected chi connectivity index (χ1v) is 7.16. The Balaban J connectivity index is 1.67. The number of rotatable bonds is 4. The highest BCUT2D eigenvalue weighted by Crippen LogP contribution is 2.15. The molecule has 2 aromatic carbocycles. The average Bonchev–Trinajstić information content (AvgIpc) is 3.08. The molecule has 0 bridgehead atoms. The summed E-state index contributed by atoms with van der Waals surface area (Å²) in [4.78, 5) is 19.4. The smallest absolute Gasteiger partial charge is 0.251 e. The Kier molecular flexibility index (Phi) is 4.01. The van der Waals surface area contributed by atoms with Crippen LogP contribution in [0.4, 0.5) is 0 Å². The number of imidazole rings is 1. The average molecular weight is 291 g/mol. The van der Waals surface area contributed by atoms with Crippen LogP contribution in [0.15, 0.2) is 60.9 Å². The number of nitrogens with one attached hydrogen (secondary N) is 2. The molecule has 0 spiro atoms. The molecule has 4 heteroatoms. The van der Waals surface area contributed by atoms with E-state index in [9.17, 15) is 4.79 Å². The van der Waals surface area contributed by atoms with Crippen molar-refractivity contribution in [2.75, 3.05) is 0 Å². The Bertz CT molecular complexity index is 761. The lowest BCUT2D eigenvalue weighted by Crippen LogP contribution is -2.23. The zero-order chi connectivity index (χ0) is 15.4. The molecule has 22 heavy (non-hydrogen) atoms. The summed E-state index contributed by atoms with van der Waals surface area (Å²) < 4.78 is 0. The number of nitrogens with zero attached hydrogens (tertiary/aromatic N) is 1. The van der Waals surface area contributed by atoms with Crippen LogP contribution in [0, 0.1) is 6.92 Å². The SMILES string of the molecule is Cc1ccccc1CNC(=O)c1ccc(-c2ncc[nH]2)cc1. The van der Waals surface area contributed by atoms with Gasteiger partial charge in [0.15, 0.2) is 0 Å². The number of carbonyl (C=O) groups excluding carboxylic acids is 1. The second-order valence-corrected chi connectivity index (χ2v) is 5.12. The highest BCUT2D eigenvalue weighted by Gasteiger charge is 2.07. The standard InChI is InChI=1S/C18H17N3O/c1-13-4-2-3-5-16(13)12-21-18(22)15-8-6-14(7-9-15)17-19-10-11-20-17/h2-11H,12H2,1H3,(H,19,20)(H,21,22). The number of aromatic nitrogens is 2. The predicted molar refractivity (Wildman–Crippen MR) is 86.4 cm³/mol. The minimum absolute atomic E-state index is 0.0748. The second-order valence-electron chi connectivity index (χ2n) is 5.12. The molecule has 3 rings (SSSR count). The molecule has 0 saturated carbocycles. The molecule has 110 valence electrons. The molecule has 1 aromatic heterocycles. The van der Waals surface area contributed by atoms with Crippen molar-refractivity contribution in [1.82, 2.24) is 15.3 Å². The van der Waals surface area contributed by atoms with Crippen LogP contribution in [0.1, 0.15) is 21.5 Å². The summed E-state index contributed by atoms with van der Waals surface area (Å²) in [5.74, 6) is 0.723. The van der Waals surface area contributed by atoms with E-state index in [1.54, 1.807) is 12.4 Å². The Morgan fingerprint density at radius 1 is 1.14 bits per heavy atom. The van der Waals surface area contributed by atoms with E-state index < -0.39 is 0 Å². The third-order valence-corrected chi connectivity index (χ3v) is 3.62. The topological polar surface area (TPSA) is 57.8 Å². The van der Waals surface area contributed by atoms with Crippen molar-refractivity contribution in [2.45, 2.75) is 13.5 Å². The fourth-order valence-electron chi connectivity index (χ4n) is 2.29. The number of aryl methyl sites for hydroxylation is 1. The maximum absolute atomic E-state index is 12.2. The Morgan fingerprint density at radius 2 is 1.91 bits per heavy atom. The molecule has 0 aliphatic carbocycles. The highest BCUT2D eigenvalue weighted by molar-refractivity contribution is 5.94. The van der Waals surface area contributed by atoms with Gasteiger partial charge in [0, 0.05) is 30.1 Å². The molecule has 3 aromatic rings. The van der Waals surface area contributed by atoms with Gasteiger partial charge < -0.3 is 10.3 Å². The van der Waals surface area contributed by atoms with E-state index in [1.165, 1.54) is 5.56 Å². The van der Waals surface area contributed by atoms with Crippen LogP contribution in [-0.4, -0.2) is 15.9 Å². The summed E-state index contributed by atoms with van der Waals surface area (Å²) in [6.07, 6.45) is 3.48. The molecule has 1 amide bonds. The monoisotopic (exact) mass is 291 g/mol. The Labute approximate surface area is 129 Å². The maximum Gasteiger partial charge on any atom is 0.251 e. The molecule has 0 atom stereocenters. The summed E-state index contributed by atoms with van der Waals surface area (Å²) in [6.45, 7) is 2.57. The van der Waals surface area contributed by atoms with Gasteiger partial charge in [0.1, 0.15) is 5.82 Å². The van der Waals surface area contributed by atoms with Crippen molar-refractivity contribution in [3.05, 3.63) is 77.6 Å². The number of hydrogen-bond donors (Lipinski definition) is 2. The fraction of sp³-hybridized carbons (Fsp3) is 0.111. The zero-order valence-electron chi connectivity index (χ0n) is 12.3. The molecular formula is C18H17N3O. The molecule has 0 unspecified atom stereocenters. The lowest BCUT2D eigenvalue weighted by Gasteiger charge is -2.08. The minimum Gasteiger partial charge on any atom is -0.348 e. The molecular weight excluding hydrogens is 274 g/mol. The number of benzene rings is 2. The van der Waals surface area contributed by atoms with Crippen LogP contribution in [0.2, 0.25) is 0 Å². The summed E-state index contributed by atoms with van der Waals surface area (Å²) in [7, 11) is 0. The van der Waals surface area contributed by atoms with Gasteiger partial charge in [0.05, 0.1) is 0 Å². The molecule has 0 radical (unpaired) electrons. The van der Waals surface area contributed by atoms with Gasteiger partial charge in [-0.05, 0) is 30.2 Å². The fourth-order valence-corrected chi connectivity index (χ4v) is 2.29. The molecule has 0 aliphatic rings. The van der Waals surface area contributed by atoms with Crippen LogP contribution in [0.3, 0.4) is 0 Å². The number of carbonyl (C=O) groups is 1. The van der Waals surface area contributed by atoms with Crippen LogP contribution >= 0.6 is 0 Å². The lowest BCUT2D eigenvalue weighted by molar-refractivity contribution is 0.0951. The molecule has 0 aliphatic heterocycles. The number of aromatic amines is 1. The van der Waals surface area contributed by atoms with Gasteiger partial charge in [-0.3, -0.25) is 4.79 Å². The third kappa shape index (κ3) is 3.06. The van der Waals surface area contributed by atoms with Crippen LogP contribution in [0.25, 0.3) is 11.4 Å². The van der Waals surface area contributed by atoms with E-state index in [1.807, 2.05) is 55.5 Å². The molecule has 0 saturated heterocycles. The van der Waals surface area contributed by atoms with Gasteiger partial charge in [-0.15, -0.1) is 0 Å². The molecule has 2 N–H and O–H groups in total. The second kappa shape index (κ2) is 6.26. The van der Waals surface area contributed by atoms with Crippen molar-refractivity contribution in [1.29, 1.82) is 0 Å². The molecule has 1 heterocycles. The summed E-state index contributed by atoms with van der Waals surface area (Å²) in [6, 6.07) is 15.4. The first kappa shape index (κ1) is 14.1. The first-order chi connectivity index (χ1) is 10.7. The normalized spacial score (nSPS) is 10.4. The zero-order valence-corrected chi connectivity index (χ0v) is 12.3. The quantitative estimate of drug-likeness (QED) is 0.774. The number of amides is 1. The number of hydrogen-bond acceptors (Lipinski definition) is 2. The van der Waals surface area contributed by atoms with Gasteiger partial charge in [-0.1, -0.05) is 36.4 Å². The van der Waals surface area contributed by atoms with Crippen molar-refractivity contribution in [3.63, 3.8) is 0 Å². The van der Waals surface area contributed by atoms with E-state index in [2.05, 4.69) is 15.3 Å². The van der Waals surface area contributed by atoms with E-state index in [-0.39, 0.29) is 5.91 Å². The summed E-state index contributed by atoms with van der Waals surface area (Å²) in [5, 5.41) is 2.95. The van der Waals surface area contributed by atoms with Gasteiger partial charge in [-0.25, -0.2) is 4.98 Å². The molecule has 4 nitrogen and oxygen atoms in total. The van der Waals surface area contributed by atoms with E-state index in [4.69, 9.17) is 0 Å². The van der Waals surface area contributed by atoms with Gasteiger partial charge >= 0.3 is 0 Å². The van der Waals surface area contributed by atoms with Gasteiger partial charge in [0.25, 0.3) is 5.91 Å². The van der Waals surface area contributed by atoms with Crippen molar-refractivity contribution < 1.29 is 4.79 Å². The summed E-state index contributed by atoms with van der Waals surface area (Å²) >= 11 is 0. The van der Waals surface area contributed by atoms with E-state index >= 15 is 0 Å². The van der Waals surface area contributed by atoms with Crippen LogP contribution in [0.5, 0.6) is 0 Å². The van der Waals surface area contributed by atoms with Crippen LogP contribution < -0.4 is 5.32 Å². The third-order valence-electron chi connectivity index (χ3n) is 3.62. The first-order valence-electron chi connectivity index (χ1n) is 7.16. The van der Waals surface area contributed by atoms with Gasteiger partial charge in [0.2, 0.25) is 0 Å². The number of H-pyrrole nitrogens is 1. The maximum atomic E-state index is 12.2. The van der Waals surface area contributed by atoms with Crippen LogP contribution in [-0.2, 0) is 6.54 Å². The van der Waals surface area contributed by atoms with E-state index in [0.29, 0.717) is 12.1 Å². The summed E-state index contributed by atoms with van der Waals surface area (Å²) in [5.41, 5.74) is 3.91. The largest absolute Gasteiger partial charge is 0.348 e.